The Labute approximate surface area is 162 Å². The maximum Gasteiger partial charge on any atom is 0.335 e. The van der Waals surface area contributed by atoms with Gasteiger partial charge >= 0.3 is 5.97 Å². The van der Waals surface area contributed by atoms with Crippen LogP contribution in [-0.4, -0.2) is 43.9 Å². The van der Waals surface area contributed by atoms with Crippen molar-refractivity contribution < 1.29 is 9.90 Å². The van der Waals surface area contributed by atoms with Gasteiger partial charge in [-0.15, -0.1) is 0 Å². The Kier molecular flexibility index (Phi) is 4.22. The molecule has 0 aliphatic heterocycles. The van der Waals surface area contributed by atoms with Gasteiger partial charge in [0.25, 0.3) is 0 Å². The van der Waals surface area contributed by atoms with Gasteiger partial charge in [0.2, 0.25) is 0 Å². The highest BCUT2D eigenvalue weighted by Gasteiger charge is 2.18. The van der Waals surface area contributed by atoms with Crippen LogP contribution >= 0.6 is 0 Å². The minimum absolute atomic E-state index is 0.198. The lowest BCUT2D eigenvalue weighted by Gasteiger charge is -2.25. The molecular formula is C21H21N5O2. The molecule has 28 heavy (non-hydrogen) atoms. The predicted octanol–water partition coefficient (Wildman–Crippen LogP) is 3.73. The first-order valence-corrected chi connectivity index (χ1v) is 9.05. The van der Waals surface area contributed by atoms with Crippen molar-refractivity contribution in [2.45, 2.75) is 19.9 Å². The van der Waals surface area contributed by atoms with Crippen LogP contribution in [0.15, 0.2) is 42.6 Å². The fourth-order valence-electron chi connectivity index (χ4n) is 3.15. The zero-order chi connectivity index (χ0) is 20.0. The number of nitrogens with zero attached hydrogens (tertiary/aromatic N) is 5. The highest BCUT2D eigenvalue weighted by molar-refractivity contribution is 5.94. The normalized spacial score (nSPS) is 11.5. The first kappa shape index (κ1) is 17.9. The van der Waals surface area contributed by atoms with E-state index in [1.807, 2.05) is 42.0 Å². The fraction of sp³-hybridized carbons (Fsp3) is 0.238. The highest BCUT2D eigenvalue weighted by atomic mass is 16.4. The molecule has 4 aromatic rings. The van der Waals surface area contributed by atoms with E-state index in [4.69, 9.17) is 9.97 Å². The van der Waals surface area contributed by atoms with Crippen LogP contribution in [0.25, 0.3) is 33.2 Å². The zero-order valence-electron chi connectivity index (χ0n) is 16.2. The summed E-state index contributed by atoms with van der Waals surface area (Å²) in [5.74, 6) is -0.264. The number of carbonyl (C=O) groups is 1. The molecule has 1 N–H and O–H groups in total. The van der Waals surface area contributed by atoms with Crippen LogP contribution in [0.5, 0.6) is 0 Å². The summed E-state index contributed by atoms with van der Waals surface area (Å²) in [4.78, 5) is 23.0. The molecule has 0 aliphatic rings. The summed E-state index contributed by atoms with van der Waals surface area (Å²) in [7, 11) is 3.88. The number of aromatic carboxylic acids is 1. The van der Waals surface area contributed by atoms with Crippen molar-refractivity contribution >= 4 is 33.7 Å². The number of rotatable bonds is 4. The van der Waals surface area contributed by atoms with Crippen LogP contribution in [0.2, 0.25) is 0 Å². The van der Waals surface area contributed by atoms with Gasteiger partial charge in [-0.3, -0.25) is 4.68 Å². The Morgan fingerprint density at radius 1 is 1.11 bits per heavy atom. The van der Waals surface area contributed by atoms with Crippen molar-refractivity contribution in [3.63, 3.8) is 0 Å². The van der Waals surface area contributed by atoms with E-state index in [1.54, 1.807) is 18.2 Å². The first-order valence-electron chi connectivity index (χ1n) is 9.05. The van der Waals surface area contributed by atoms with E-state index in [0.29, 0.717) is 16.9 Å². The molecule has 0 aliphatic carbocycles. The van der Waals surface area contributed by atoms with E-state index in [1.165, 1.54) is 0 Å². The lowest BCUT2D eigenvalue weighted by molar-refractivity contribution is 0.0697. The summed E-state index contributed by atoms with van der Waals surface area (Å²) < 4.78 is 1.83. The number of hydrogen-bond acceptors (Lipinski definition) is 5. The SMILES string of the molecule is CC(C)N(C)c1nc2cc(C(=O)O)ccc2nc1-c1ccc2cnn(C)c2c1. The lowest BCUT2D eigenvalue weighted by atomic mass is 10.1. The summed E-state index contributed by atoms with van der Waals surface area (Å²) in [5, 5.41) is 14.7. The number of benzene rings is 2. The standard InChI is InChI=1S/C21H21N5O2/c1-12(2)25(3)20-19(13-5-6-15-11-22-26(4)18(15)10-13)23-16-8-7-14(21(27)28)9-17(16)24-20/h5-12H,1-4H3,(H,27,28). The Morgan fingerprint density at radius 3 is 2.61 bits per heavy atom. The number of aryl methyl sites for hydroxylation is 1. The molecule has 0 unspecified atom stereocenters. The van der Waals surface area contributed by atoms with Crippen molar-refractivity contribution in [3.8, 4) is 11.3 Å². The van der Waals surface area contributed by atoms with Gasteiger partial charge in [0.15, 0.2) is 5.82 Å². The second-order valence-electron chi connectivity index (χ2n) is 7.15. The third-order valence-corrected chi connectivity index (χ3v) is 5.02. The molecule has 0 atom stereocenters. The molecule has 2 heterocycles. The number of anilines is 1. The van der Waals surface area contributed by atoms with Crippen LogP contribution in [0.1, 0.15) is 24.2 Å². The van der Waals surface area contributed by atoms with Crippen LogP contribution in [0.3, 0.4) is 0 Å². The van der Waals surface area contributed by atoms with E-state index in [2.05, 4.69) is 25.0 Å². The monoisotopic (exact) mass is 375 g/mol. The second-order valence-corrected chi connectivity index (χ2v) is 7.15. The van der Waals surface area contributed by atoms with E-state index >= 15 is 0 Å². The summed E-state index contributed by atoms with van der Waals surface area (Å²) in [6.45, 7) is 4.15. The average Bonchev–Trinajstić information content (AvgIpc) is 3.06. The molecule has 2 aromatic carbocycles. The second kappa shape index (κ2) is 6.60. The average molecular weight is 375 g/mol. The van der Waals surface area contributed by atoms with Crippen molar-refractivity contribution in [1.29, 1.82) is 0 Å². The summed E-state index contributed by atoms with van der Waals surface area (Å²) in [6.07, 6.45) is 1.83. The Hall–Kier alpha value is -3.48. The van der Waals surface area contributed by atoms with Gasteiger partial charge in [0, 0.05) is 31.1 Å². The molecule has 2 aromatic heterocycles. The van der Waals surface area contributed by atoms with Gasteiger partial charge < -0.3 is 10.0 Å². The van der Waals surface area contributed by atoms with E-state index in [9.17, 15) is 9.90 Å². The van der Waals surface area contributed by atoms with Gasteiger partial charge in [0.05, 0.1) is 28.3 Å². The molecule has 7 heteroatoms. The Bertz CT molecular complexity index is 1210. The van der Waals surface area contributed by atoms with E-state index in [0.717, 1.165) is 22.2 Å². The molecule has 0 saturated carbocycles. The summed E-state index contributed by atoms with van der Waals surface area (Å²) >= 11 is 0. The van der Waals surface area contributed by atoms with Crippen LogP contribution in [0, 0.1) is 0 Å². The molecule has 0 radical (unpaired) electrons. The smallest absolute Gasteiger partial charge is 0.335 e. The fourth-order valence-corrected chi connectivity index (χ4v) is 3.15. The van der Waals surface area contributed by atoms with Gasteiger partial charge in [-0.25, -0.2) is 14.8 Å². The predicted molar refractivity (Wildman–Crippen MR) is 110 cm³/mol. The maximum atomic E-state index is 11.3. The minimum atomic E-state index is -0.979. The Morgan fingerprint density at radius 2 is 1.89 bits per heavy atom. The number of carboxylic acid groups (broad SMARTS) is 1. The molecule has 0 bridgehead atoms. The number of carboxylic acids is 1. The van der Waals surface area contributed by atoms with Crippen LogP contribution in [-0.2, 0) is 7.05 Å². The van der Waals surface area contributed by atoms with E-state index < -0.39 is 5.97 Å². The van der Waals surface area contributed by atoms with Crippen LogP contribution < -0.4 is 4.90 Å². The third-order valence-electron chi connectivity index (χ3n) is 5.02. The quantitative estimate of drug-likeness (QED) is 0.585. The van der Waals surface area contributed by atoms with Gasteiger partial charge in [-0.05, 0) is 38.1 Å². The Balaban J connectivity index is 1.98. The van der Waals surface area contributed by atoms with Crippen molar-refractivity contribution in [2.75, 3.05) is 11.9 Å². The van der Waals surface area contributed by atoms with Crippen LogP contribution in [0.4, 0.5) is 5.82 Å². The van der Waals surface area contributed by atoms with Crippen molar-refractivity contribution in [2.24, 2.45) is 7.05 Å². The number of aromatic nitrogens is 4. The van der Waals surface area contributed by atoms with Gasteiger partial charge in [-0.1, -0.05) is 12.1 Å². The molecule has 4 rings (SSSR count). The number of fused-ring (bicyclic) bond motifs is 2. The maximum absolute atomic E-state index is 11.3. The topological polar surface area (TPSA) is 84.1 Å². The first-order chi connectivity index (χ1) is 13.3. The highest BCUT2D eigenvalue weighted by Crippen LogP contribution is 2.32. The van der Waals surface area contributed by atoms with Gasteiger partial charge in [-0.2, -0.15) is 5.10 Å². The lowest BCUT2D eigenvalue weighted by Crippen LogP contribution is -2.27. The molecule has 0 fully saturated rings. The molecule has 7 nitrogen and oxygen atoms in total. The molecular weight excluding hydrogens is 354 g/mol. The largest absolute Gasteiger partial charge is 0.478 e. The molecule has 0 amide bonds. The van der Waals surface area contributed by atoms with Crippen molar-refractivity contribution in [1.82, 2.24) is 19.7 Å². The third kappa shape index (κ3) is 2.94. The summed E-state index contributed by atoms with van der Waals surface area (Å²) in [6, 6.07) is 11.1. The van der Waals surface area contributed by atoms with E-state index in [-0.39, 0.29) is 11.6 Å². The van der Waals surface area contributed by atoms with Crippen molar-refractivity contribution in [3.05, 3.63) is 48.2 Å². The summed E-state index contributed by atoms with van der Waals surface area (Å²) in [5.41, 5.74) is 4.13. The molecule has 0 spiro atoms. The molecule has 0 saturated heterocycles. The zero-order valence-corrected chi connectivity index (χ0v) is 16.2. The number of hydrogen-bond donors (Lipinski definition) is 1. The molecule has 142 valence electrons. The minimum Gasteiger partial charge on any atom is -0.478 e. The van der Waals surface area contributed by atoms with Gasteiger partial charge in [0.1, 0.15) is 5.69 Å².